The van der Waals surface area contributed by atoms with E-state index in [2.05, 4.69) is 35.1 Å². The van der Waals surface area contributed by atoms with Gasteiger partial charge in [-0.1, -0.05) is 25.1 Å². The van der Waals surface area contributed by atoms with Gasteiger partial charge in [-0.05, 0) is 24.6 Å². The van der Waals surface area contributed by atoms with Gasteiger partial charge in [0.2, 0.25) is 0 Å². The largest absolute Gasteiger partial charge is 0.364 e. The average Bonchev–Trinajstić information content (AvgIpc) is 3.26. The van der Waals surface area contributed by atoms with E-state index in [1.54, 1.807) is 4.68 Å². The summed E-state index contributed by atoms with van der Waals surface area (Å²) < 4.78 is 1.77. The molecule has 1 amide bonds. The Morgan fingerprint density at radius 2 is 2.08 bits per heavy atom. The lowest BCUT2D eigenvalue weighted by Gasteiger charge is -2.23. The van der Waals surface area contributed by atoms with E-state index in [0.29, 0.717) is 6.54 Å². The molecule has 1 aromatic carbocycles. The predicted octanol–water partition coefficient (Wildman–Crippen LogP) is 2.85. The highest BCUT2D eigenvalue weighted by Crippen LogP contribution is 2.20. The van der Waals surface area contributed by atoms with Crippen LogP contribution in [0.15, 0.2) is 48.8 Å². The van der Waals surface area contributed by atoms with E-state index in [0.717, 1.165) is 42.9 Å². The van der Waals surface area contributed by atoms with E-state index >= 15 is 0 Å². The second-order valence-electron chi connectivity index (χ2n) is 6.18. The van der Waals surface area contributed by atoms with Gasteiger partial charge < -0.3 is 9.80 Å². The summed E-state index contributed by atoms with van der Waals surface area (Å²) >= 11 is 0. The number of nitrogens with zero attached hydrogens (tertiary/aromatic N) is 4. The van der Waals surface area contributed by atoms with Crippen LogP contribution in [-0.4, -0.2) is 40.2 Å². The standard InChI is InChI=1S/C19H24N4O/c1-3-9-23(15-16-13-20-21(2)14-16)19(24)17-7-6-8-18(12-17)22-10-4-5-11-22/h4-8,12-14H,3,9-11,15H2,1-2H3. The van der Waals surface area contributed by atoms with Gasteiger partial charge in [0.1, 0.15) is 0 Å². The first kappa shape index (κ1) is 16.3. The summed E-state index contributed by atoms with van der Waals surface area (Å²) in [5, 5.41) is 4.19. The molecule has 0 saturated carbocycles. The van der Waals surface area contributed by atoms with Crippen molar-refractivity contribution in [3.05, 3.63) is 59.9 Å². The van der Waals surface area contributed by atoms with Crippen molar-refractivity contribution in [3.8, 4) is 0 Å². The lowest BCUT2D eigenvalue weighted by atomic mass is 10.1. The van der Waals surface area contributed by atoms with Crippen LogP contribution < -0.4 is 4.90 Å². The van der Waals surface area contributed by atoms with Crippen LogP contribution in [0.1, 0.15) is 29.3 Å². The number of carbonyl (C=O) groups is 1. The lowest BCUT2D eigenvalue weighted by molar-refractivity contribution is 0.0743. The summed E-state index contributed by atoms with van der Waals surface area (Å²) in [7, 11) is 1.89. The lowest BCUT2D eigenvalue weighted by Crippen LogP contribution is -2.31. The van der Waals surface area contributed by atoms with E-state index in [4.69, 9.17) is 0 Å². The molecule has 3 rings (SSSR count). The molecule has 0 unspecified atom stereocenters. The fourth-order valence-electron chi connectivity index (χ4n) is 3.00. The zero-order valence-electron chi connectivity index (χ0n) is 14.4. The monoisotopic (exact) mass is 324 g/mol. The molecule has 0 fully saturated rings. The van der Waals surface area contributed by atoms with Crippen LogP contribution in [0.2, 0.25) is 0 Å². The number of rotatable bonds is 6. The predicted molar refractivity (Wildman–Crippen MR) is 96.0 cm³/mol. The van der Waals surface area contributed by atoms with Crippen LogP contribution in [0.3, 0.4) is 0 Å². The Kier molecular flexibility index (Phi) is 4.99. The molecule has 5 nitrogen and oxygen atoms in total. The van der Waals surface area contributed by atoms with Gasteiger partial charge in [-0.3, -0.25) is 9.48 Å². The zero-order chi connectivity index (χ0) is 16.9. The number of anilines is 1. The Balaban J connectivity index is 1.77. The third-order valence-electron chi connectivity index (χ3n) is 4.19. The van der Waals surface area contributed by atoms with Crippen LogP contribution in [0.5, 0.6) is 0 Å². The number of aromatic nitrogens is 2. The Bertz CT molecular complexity index is 726. The normalized spacial score (nSPS) is 13.5. The molecule has 0 radical (unpaired) electrons. The first-order valence-electron chi connectivity index (χ1n) is 8.44. The van der Waals surface area contributed by atoms with Crippen LogP contribution in [0.4, 0.5) is 5.69 Å². The summed E-state index contributed by atoms with van der Waals surface area (Å²) in [6.45, 7) is 5.24. The minimum absolute atomic E-state index is 0.0784. The van der Waals surface area contributed by atoms with Crippen molar-refractivity contribution in [3.63, 3.8) is 0 Å². The van der Waals surface area contributed by atoms with Crippen molar-refractivity contribution in [2.45, 2.75) is 19.9 Å². The van der Waals surface area contributed by atoms with Gasteiger partial charge in [0, 0.05) is 56.2 Å². The fourth-order valence-corrected chi connectivity index (χ4v) is 3.00. The van der Waals surface area contributed by atoms with Crippen LogP contribution in [0, 0.1) is 0 Å². The Hall–Kier alpha value is -2.56. The second-order valence-corrected chi connectivity index (χ2v) is 6.18. The Labute approximate surface area is 143 Å². The molecule has 0 atom stereocenters. The molecule has 126 valence electrons. The molecule has 0 bridgehead atoms. The van der Waals surface area contributed by atoms with Gasteiger partial charge in [-0.2, -0.15) is 5.10 Å². The van der Waals surface area contributed by atoms with Crippen molar-refractivity contribution >= 4 is 11.6 Å². The molecule has 2 aromatic rings. The maximum atomic E-state index is 13.0. The van der Waals surface area contributed by atoms with E-state index in [-0.39, 0.29) is 5.91 Å². The van der Waals surface area contributed by atoms with E-state index < -0.39 is 0 Å². The van der Waals surface area contributed by atoms with Gasteiger partial charge in [-0.15, -0.1) is 0 Å². The molecule has 1 aliphatic heterocycles. The molecule has 0 N–H and O–H groups in total. The highest BCUT2D eigenvalue weighted by atomic mass is 16.2. The number of amides is 1. The smallest absolute Gasteiger partial charge is 0.254 e. The van der Waals surface area contributed by atoms with Crippen molar-refractivity contribution in [1.82, 2.24) is 14.7 Å². The Morgan fingerprint density at radius 3 is 2.75 bits per heavy atom. The zero-order valence-corrected chi connectivity index (χ0v) is 14.4. The summed E-state index contributed by atoms with van der Waals surface area (Å²) in [5.41, 5.74) is 2.90. The van der Waals surface area contributed by atoms with Crippen molar-refractivity contribution < 1.29 is 4.79 Å². The first-order chi connectivity index (χ1) is 11.7. The third-order valence-corrected chi connectivity index (χ3v) is 4.19. The van der Waals surface area contributed by atoms with Gasteiger partial charge in [-0.25, -0.2) is 0 Å². The summed E-state index contributed by atoms with van der Waals surface area (Å²) in [6, 6.07) is 7.94. The minimum Gasteiger partial charge on any atom is -0.364 e. The maximum Gasteiger partial charge on any atom is 0.254 e. The minimum atomic E-state index is 0.0784. The molecule has 0 aliphatic carbocycles. The molecule has 24 heavy (non-hydrogen) atoms. The van der Waals surface area contributed by atoms with Gasteiger partial charge in [0.25, 0.3) is 5.91 Å². The molecule has 0 saturated heterocycles. The van der Waals surface area contributed by atoms with Gasteiger partial charge in [0.15, 0.2) is 0 Å². The van der Waals surface area contributed by atoms with Crippen LogP contribution in [-0.2, 0) is 13.6 Å². The number of hydrogen-bond acceptors (Lipinski definition) is 3. The van der Waals surface area contributed by atoms with Gasteiger partial charge >= 0.3 is 0 Å². The molecule has 5 heteroatoms. The highest BCUT2D eigenvalue weighted by Gasteiger charge is 2.17. The molecule has 1 aliphatic rings. The van der Waals surface area contributed by atoms with Crippen molar-refractivity contribution in [2.75, 3.05) is 24.5 Å². The summed E-state index contributed by atoms with van der Waals surface area (Å²) in [6.07, 6.45) is 9.02. The fraction of sp³-hybridized carbons (Fsp3) is 0.368. The number of aryl methyl sites for hydroxylation is 1. The van der Waals surface area contributed by atoms with E-state index in [1.807, 2.05) is 42.5 Å². The molecular weight excluding hydrogens is 300 g/mol. The summed E-state index contributed by atoms with van der Waals surface area (Å²) in [5.74, 6) is 0.0784. The van der Waals surface area contributed by atoms with E-state index in [1.165, 1.54) is 0 Å². The number of hydrogen-bond donors (Lipinski definition) is 0. The number of benzene rings is 1. The SMILES string of the molecule is CCCN(Cc1cnn(C)c1)C(=O)c1cccc(N2CC=CC2)c1. The number of carbonyl (C=O) groups excluding carboxylic acids is 1. The quantitative estimate of drug-likeness (QED) is 0.767. The van der Waals surface area contributed by atoms with Gasteiger partial charge in [0.05, 0.1) is 6.20 Å². The first-order valence-corrected chi connectivity index (χ1v) is 8.44. The van der Waals surface area contributed by atoms with Crippen molar-refractivity contribution in [1.29, 1.82) is 0 Å². The topological polar surface area (TPSA) is 41.4 Å². The molecule has 0 spiro atoms. The maximum absolute atomic E-state index is 13.0. The van der Waals surface area contributed by atoms with Crippen LogP contribution in [0.25, 0.3) is 0 Å². The Morgan fingerprint density at radius 1 is 1.29 bits per heavy atom. The highest BCUT2D eigenvalue weighted by molar-refractivity contribution is 5.95. The molecule has 2 heterocycles. The molecule has 1 aromatic heterocycles. The van der Waals surface area contributed by atoms with E-state index in [9.17, 15) is 4.79 Å². The summed E-state index contributed by atoms with van der Waals surface area (Å²) in [4.78, 5) is 17.1. The van der Waals surface area contributed by atoms with Crippen molar-refractivity contribution in [2.24, 2.45) is 7.05 Å². The molecular formula is C19H24N4O. The average molecular weight is 324 g/mol. The second kappa shape index (κ2) is 7.34. The van der Waals surface area contributed by atoms with Crippen LogP contribution >= 0.6 is 0 Å². The third kappa shape index (κ3) is 3.67.